The Bertz CT molecular complexity index is 154. The lowest BCUT2D eigenvalue weighted by atomic mass is 10.1. The number of hydrogen-bond donors (Lipinski definition) is 1. The van der Waals surface area contributed by atoms with Crippen LogP contribution >= 0.6 is 11.6 Å². The van der Waals surface area contributed by atoms with E-state index in [-0.39, 0.29) is 0 Å². The maximum Gasteiger partial charge on any atom is 0.358 e. The summed E-state index contributed by atoms with van der Waals surface area (Å²) in [6.45, 7) is 0.495. The summed E-state index contributed by atoms with van der Waals surface area (Å²) in [6.07, 6.45) is -6.41. The molecule has 0 heterocycles. The minimum atomic E-state index is -4.68. The second-order valence-corrected chi connectivity index (χ2v) is 2.76. The highest BCUT2D eigenvalue weighted by atomic mass is 35.5. The third-order valence-electron chi connectivity index (χ3n) is 1.18. The fraction of sp³-hybridized carbons (Fsp3) is 1.00. The molecule has 0 aliphatic carbocycles. The first-order valence-electron chi connectivity index (χ1n) is 2.86. The van der Waals surface area contributed by atoms with Crippen molar-refractivity contribution in [2.45, 2.75) is 30.5 Å². The first-order chi connectivity index (χ1) is 5.10. The van der Waals surface area contributed by atoms with Crippen LogP contribution < -0.4 is 0 Å². The zero-order valence-electron chi connectivity index (χ0n) is 5.87. The van der Waals surface area contributed by atoms with E-state index in [1.807, 2.05) is 0 Å². The van der Waals surface area contributed by atoms with E-state index in [0.717, 1.165) is 0 Å². The van der Waals surface area contributed by atoms with Gasteiger partial charge in [-0.05, 0) is 18.5 Å². The van der Waals surface area contributed by atoms with Crippen molar-refractivity contribution in [1.29, 1.82) is 0 Å². The van der Waals surface area contributed by atoms with Crippen LogP contribution in [-0.2, 0) is 0 Å². The summed E-state index contributed by atoms with van der Waals surface area (Å²) in [5.41, 5.74) is 0. The molecule has 12 heavy (non-hydrogen) atoms. The fourth-order valence-electron chi connectivity index (χ4n) is 0.430. The Morgan fingerprint density at radius 2 is 1.58 bits per heavy atom. The molecule has 1 nitrogen and oxygen atoms in total. The van der Waals surface area contributed by atoms with Crippen molar-refractivity contribution in [3.8, 4) is 0 Å². The Morgan fingerprint density at radius 1 is 1.25 bits per heavy atom. The molecule has 0 aliphatic rings. The fourth-order valence-corrected chi connectivity index (χ4v) is 0.575. The van der Waals surface area contributed by atoms with Gasteiger partial charge in [0.1, 0.15) is 6.10 Å². The SMILES string of the molecule is CC(O)C(F)(F)C(F)C(F)(F)Cl. The summed E-state index contributed by atoms with van der Waals surface area (Å²) in [4.78, 5) is 0. The highest BCUT2D eigenvalue weighted by molar-refractivity contribution is 6.22. The lowest BCUT2D eigenvalue weighted by Crippen LogP contribution is -2.47. The number of alkyl halides is 6. The van der Waals surface area contributed by atoms with Gasteiger partial charge in [0.2, 0.25) is 6.17 Å². The molecule has 0 saturated carbocycles. The molecule has 0 fully saturated rings. The lowest BCUT2D eigenvalue weighted by Gasteiger charge is -2.25. The number of hydrogen-bond acceptors (Lipinski definition) is 1. The summed E-state index contributed by atoms with van der Waals surface area (Å²) in [5, 5.41) is 3.55. The van der Waals surface area contributed by atoms with Crippen LogP contribution in [0.2, 0.25) is 0 Å². The molecule has 0 aromatic rings. The van der Waals surface area contributed by atoms with E-state index in [9.17, 15) is 22.0 Å². The Morgan fingerprint density at radius 3 is 1.67 bits per heavy atom. The van der Waals surface area contributed by atoms with Crippen molar-refractivity contribution in [3.05, 3.63) is 0 Å². The molecular formula is C5H6ClF5O. The third-order valence-corrected chi connectivity index (χ3v) is 1.37. The van der Waals surface area contributed by atoms with Gasteiger partial charge in [0.25, 0.3) is 0 Å². The third kappa shape index (κ3) is 2.45. The van der Waals surface area contributed by atoms with Crippen molar-refractivity contribution in [1.82, 2.24) is 0 Å². The average molecular weight is 213 g/mol. The zero-order valence-corrected chi connectivity index (χ0v) is 6.63. The Labute approximate surface area is 70.1 Å². The molecule has 0 rings (SSSR count). The van der Waals surface area contributed by atoms with Crippen molar-refractivity contribution in [2.75, 3.05) is 0 Å². The van der Waals surface area contributed by atoms with Crippen LogP contribution in [0.5, 0.6) is 0 Å². The van der Waals surface area contributed by atoms with E-state index in [1.165, 1.54) is 0 Å². The van der Waals surface area contributed by atoms with Gasteiger partial charge in [-0.2, -0.15) is 8.78 Å². The van der Waals surface area contributed by atoms with Crippen LogP contribution in [0.15, 0.2) is 0 Å². The second kappa shape index (κ2) is 3.33. The zero-order chi connectivity index (χ0) is 10.2. The molecule has 2 unspecified atom stereocenters. The van der Waals surface area contributed by atoms with Crippen molar-refractivity contribution in [3.63, 3.8) is 0 Å². The van der Waals surface area contributed by atoms with E-state index < -0.39 is 23.6 Å². The molecular weight excluding hydrogens is 206 g/mol. The van der Waals surface area contributed by atoms with Gasteiger partial charge in [-0.3, -0.25) is 0 Å². The van der Waals surface area contributed by atoms with Gasteiger partial charge >= 0.3 is 11.3 Å². The molecule has 74 valence electrons. The predicted octanol–water partition coefficient (Wildman–Crippen LogP) is 2.17. The topological polar surface area (TPSA) is 20.2 Å². The number of aliphatic hydroxyl groups excluding tert-OH is 1. The predicted molar refractivity (Wildman–Crippen MR) is 32.3 cm³/mol. The Kier molecular flexibility index (Phi) is 3.31. The number of halogens is 6. The summed E-state index contributed by atoms with van der Waals surface area (Å²) in [6, 6.07) is 0. The van der Waals surface area contributed by atoms with Gasteiger partial charge in [0.15, 0.2) is 0 Å². The van der Waals surface area contributed by atoms with Gasteiger partial charge in [0, 0.05) is 0 Å². The van der Waals surface area contributed by atoms with Crippen LogP contribution in [0, 0.1) is 0 Å². The molecule has 0 bridgehead atoms. The normalized spacial score (nSPS) is 19.0. The van der Waals surface area contributed by atoms with Gasteiger partial charge < -0.3 is 5.11 Å². The summed E-state index contributed by atoms with van der Waals surface area (Å²) in [7, 11) is 0. The van der Waals surface area contributed by atoms with Crippen LogP contribution in [0.3, 0.4) is 0 Å². The van der Waals surface area contributed by atoms with E-state index in [0.29, 0.717) is 6.92 Å². The maximum atomic E-state index is 12.2. The minimum Gasteiger partial charge on any atom is -0.387 e. The van der Waals surface area contributed by atoms with Crippen molar-refractivity contribution in [2.24, 2.45) is 0 Å². The lowest BCUT2D eigenvalue weighted by molar-refractivity contribution is -0.191. The largest absolute Gasteiger partial charge is 0.387 e. The molecule has 0 aromatic carbocycles. The molecule has 0 aromatic heterocycles. The molecule has 7 heteroatoms. The van der Waals surface area contributed by atoms with Crippen LogP contribution in [0.25, 0.3) is 0 Å². The van der Waals surface area contributed by atoms with E-state index in [1.54, 1.807) is 0 Å². The first kappa shape index (κ1) is 11.9. The summed E-state index contributed by atoms with van der Waals surface area (Å²) in [5.74, 6) is -4.55. The molecule has 0 radical (unpaired) electrons. The Balaban J connectivity index is 4.57. The van der Waals surface area contributed by atoms with Crippen LogP contribution in [-0.4, -0.2) is 28.7 Å². The quantitative estimate of drug-likeness (QED) is 0.562. The van der Waals surface area contributed by atoms with Gasteiger partial charge in [0.05, 0.1) is 0 Å². The van der Waals surface area contributed by atoms with Gasteiger partial charge in [-0.25, -0.2) is 13.2 Å². The van der Waals surface area contributed by atoms with E-state index >= 15 is 0 Å². The molecule has 0 aliphatic heterocycles. The first-order valence-corrected chi connectivity index (χ1v) is 3.24. The van der Waals surface area contributed by atoms with Crippen LogP contribution in [0.1, 0.15) is 6.92 Å². The molecule has 2 atom stereocenters. The standard InChI is InChI=1S/C5H6ClF5O/c1-2(12)4(8,9)3(7)5(6,10)11/h2-3,12H,1H3. The van der Waals surface area contributed by atoms with Gasteiger partial charge in [-0.15, -0.1) is 0 Å². The second-order valence-electron chi connectivity index (χ2n) is 2.25. The Hall–Kier alpha value is -0.100. The molecule has 0 amide bonds. The molecule has 0 saturated heterocycles. The monoisotopic (exact) mass is 212 g/mol. The minimum absolute atomic E-state index is 0.495. The van der Waals surface area contributed by atoms with Gasteiger partial charge in [-0.1, -0.05) is 0 Å². The van der Waals surface area contributed by atoms with Crippen molar-refractivity contribution < 1.29 is 27.1 Å². The smallest absolute Gasteiger partial charge is 0.358 e. The summed E-state index contributed by atoms with van der Waals surface area (Å²) >= 11 is 4.01. The number of rotatable bonds is 3. The average Bonchev–Trinajstić information content (AvgIpc) is 1.83. The highest BCUT2D eigenvalue weighted by Crippen LogP contribution is 2.38. The van der Waals surface area contributed by atoms with E-state index in [2.05, 4.69) is 11.6 Å². The molecule has 1 N–H and O–H groups in total. The molecule has 0 spiro atoms. The van der Waals surface area contributed by atoms with Crippen molar-refractivity contribution >= 4 is 11.6 Å². The summed E-state index contributed by atoms with van der Waals surface area (Å²) < 4.78 is 60.2. The maximum absolute atomic E-state index is 12.2. The van der Waals surface area contributed by atoms with E-state index in [4.69, 9.17) is 5.11 Å². The van der Waals surface area contributed by atoms with Crippen LogP contribution in [0.4, 0.5) is 22.0 Å². The highest BCUT2D eigenvalue weighted by Gasteiger charge is 2.57. The number of aliphatic hydroxyl groups is 1.